The standard InChI is InChI=1S/C14H15F6NO5S/c15-13(16,17)9-8-4-7-21(26-27(23,24)14(18,19)20)10(9)25-11(22)12(8)5-2-1-3-6-12/h4,7-10H,1-3,5-6H2/t8-,9?,10-/m0/s1. The maximum absolute atomic E-state index is 13.7. The number of carbonyl (C=O) groups is 1. The monoisotopic (exact) mass is 423 g/mol. The van der Waals surface area contributed by atoms with Gasteiger partial charge in [0.25, 0.3) is 0 Å². The van der Waals surface area contributed by atoms with Crippen molar-refractivity contribution >= 4 is 16.1 Å². The van der Waals surface area contributed by atoms with Crippen molar-refractivity contribution in [2.75, 3.05) is 0 Å². The number of rotatable bonds is 2. The lowest BCUT2D eigenvalue weighted by Crippen LogP contribution is -2.63. The number of fused-ring (bicyclic) bond motifs is 3. The van der Waals surface area contributed by atoms with E-state index in [0.717, 1.165) is 12.5 Å². The zero-order valence-electron chi connectivity index (χ0n) is 13.6. The summed E-state index contributed by atoms with van der Waals surface area (Å²) in [6, 6.07) is 0. The first-order valence-electron chi connectivity index (χ1n) is 8.05. The molecule has 0 N–H and O–H groups in total. The Hall–Kier alpha value is -1.50. The molecule has 1 spiro atoms. The molecular formula is C14H15F6NO5S. The molecule has 0 amide bonds. The Bertz CT molecular complexity index is 740. The van der Waals surface area contributed by atoms with E-state index in [1.54, 1.807) is 0 Å². The molecule has 0 radical (unpaired) electrons. The zero-order valence-corrected chi connectivity index (χ0v) is 14.4. The summed E-state index contributed by atoms with van der Waals surface area (Å²) in [6.45, 7) is 0. The van der Waals surface area contributed by atoms with Gasteiger partial charge in [-0.25, -0.2) is 5.06 Å². The van der Waals surface area contributed by atoms with Crippen LogP contribution in [-0.4, -0.2) is 37.4 Å². The lowest BCUT2D eigenvalue weighted by atomic mass is 9.59. The van der Waals surface area contributed by atoms with Crippen molar-refractivity contribution in [1.29, 1.82) is 0 Å². The summed E-state index contributed by atoms with van der Waals surface area (Å²) in [5, 5.41) is -0.203. The average molecular weight is 423 g/mol. The fourth-order valence-electron chi connectivity index (χ4n) is 4.04. The Kier molecular flexibility index (Phi) is 4.69. The van der Waals surface area contributed by atoms with Gasteiger partial charge in [0.2, 0.25) is 6.23 Å². The maximum atomic E-state index is 13.7. The summed E-state index contributed by atoms with van der Waals surface area (Å²) in [7, 11) is -6.24. The van der Waals surface area contributed by atoms with Crippen molar-refractivity contribution < 1.29 is 48.6 Å². The molecule has 0 aromatic rings. The SMILES string of the molecule is O=C1O[C@H]2C(C(F)(F)F)[C@H](C=CN2OS(=O)(=O)C(F)(F)F)C12CCCCC2. The predicted octanol–water partition coefficient (Wildman–Crippen LogP) is 3.23. The molecule has 1 unspecified atom stereocenters. The first-order chi connectivity index (χ1) is 12.3. The third-order valence-corrected chi connectivity index (χ3v) is 6.18. The van der Waals surface area contributed by atoms with Gasteiger partial charge in [0.15, 0.2) is 0 Å². The van der Waals surface area contributed by atoms with Crippen LogP contribution < -0.4 is 0 Å². The van der Waals surface area contributed by atoms with E-state index in [0.29, 0.717) is 19.0 Å². The van der Waals surface area contributed by atoms with Crippen LogP contribution in [0.5, 0.6) is 0 Å². The van der Waals surface area contributed by atoms with E-state index >= 15 is 0 Å². The van der Waals surface area contributed by atoms with Gasteiger partial charge in [0.05, 0.1) is 5.41 Å². The van der Waals surface area contributed by atoms with E-state index in [9.17, 15) is 39.6 Å². The van der Waals surface area contributed by atoms with Crippen LogP contribution >= 0.6 is 0 Å². The second-order valence-corrected chi connectivity index (χ2v) is 8.30. The lowest BCUT2D eigenvalue weighted by Gasteiger charge is -2.53. The molecule has 154 valence electrons. The van der Waals surface area contributed by atoms with E-state index < -0.39 is 51.3 Å². The van der Waals surface area contributed by atoms with Crippen molar-refractivity contribution in [2.45, 2.75) is 50.0 Å². The minimum absolute atomic E-state index is 0.155. The van der Waals surface area contributed by atoms with Gasteiger partial charge in [0, 0.05) is 12.1 Å². The van der Waals surface area contributed by atoms with Gasteiger partial charge in [-0.2, -0.15) is 34.8 Å². The summed E-state index contributed by atoms with van der Waals surface area (Å²) in [5.41, 5.74) is -7.28. The fourth-order valence-corrected chi connectivity index (χ4v) is 4.49. The predicted molar refractivity (Wildman–Crippen MR) is 75.5 cm³/mol. The first kappa shape index (κ1) is 20.2. The highest BCUT2D eigenvalue weighted by molar-refractivity contribution is 7.87. The Morgan fingerprint density at radius 3 is 2.22 bits per heavy atom. The number of halogens is 6. The number of alkyl halides is 6. The lowest BCUT2D eigenvalue weighted by molar-refractivity contribution is -0.304. The summed E-state index contributed by atoms with van der Waals surface area (Å²) >= 11 is 0. The largest absolute Gasteiger partial charge is 0.525 e. The number of hydrogen-bond acceptors (Lipinski definition) is 6. The van der Waals surface area contributed by atoms with Gasteiger partial charge < -0.3 is 4.74 Å². The number of hydroxylamine groups is 2. The molecule has 6 nitrogen and oxygen atoms in total. The highest BCUT2D eigenvalue weighted by Crippen LogP contribution is 2.57. The van der Waals surface area contributed by atoms with Gasteiger partial charge >= 0.3 is 27.8 Å². The Labute approximate surface area is 150 Å². The minimum Gasteiger partial charge on any atom is -0.438 e. The molecule has 2 heterocycles. The van der Waals surface area contributed by atoms with Gasteiger partial charge in [-0.15, -0.1) is 4.28 Å². The second kappa shape index (κ2) is 6.26. The molecule has 3 rings (SSSR count). The molecule has 1 saturated carbocycles. The molecule has 3 atom stereocenters. The quantitative estimate of drug-likeness (QED) is 0.386. The molecule has 3 aliphatic rings. The zero-order chi connectivity index (χ0) is 20.3. The Balaban J connectivity index is 2.01. The maximum Gasteiger partial charge on any atom is 0.525 e. The Morgan fingerprint density at radius 2 is 1.70 bits per heavy atom. The van der Waals surface area contributed by atoms with Crippen LogP contribution in [0.3, 0.4) is 0 Å². The molecule has 2 fully saturated rings. The van der Waals surface area contributed by atoms with E-state index in [1.165, 1.54) is 0 Å². The van der Waals surface area contributed by atoms with Crippen LogP contribution in [-0.2, 0) is 23.9 Å². The van der Waals surface area contributed by atoms with Crippen molar-refractivity contribution in [3.8, 4) is 0 Å². The van der Waals surface area contributed by atoms with E-state index in [1.807, 2.05) is 0 Å². The van der Waals surface area contributed by atoms with E-state index in [4.69, 9.17) is 4.74 Å². The number of hydrogen-bond donors (Lipinski definition) is 0. The normalized spacial score (nSPS) is 31.1. The molecule has 27 heavy (non-hydrogen) atoms. The minimum atomic E-state index is -6.24. The number of nitrogens with zero attached hydrogens (tertiary/aromatic N) is 1. The van der Waals surface area contributed by atoms with Crippen LogP contribution in [0, 0.1) is 17.3 Å². The summed E-state index contributed by atoms with van der Waals surface area (Å²) in [4.78, 5) is 12.5. The van der Waals surface area contributed by atoms with Crippen molar-refractivity contribution in [2.24, 2.45) is 17.3 Å². The van der Waals surface area contributed by atoms with Gasteiger partial charge in [-0.3, -0.25) is 4.79 Å². The van der Waals surface area contributed by atoms with Crippen LogP contribution in [0.2, 0.25) is 0 Å². The van der Waals surface area contributed by atoms with E-state index in [2.05, 4.69) is 4.28 Å². The highest BCUT2D eigenvalue weighted by Gasteiger charge is 2.66. The highest BCUT2D eigenvalue weighted by atomic mass is 32.2. The van der Waals surface area contributed by atoms with Gasteiger partial charge in [-0.1, -0.05) is 25.3 Å². The van der Waals surface area contributed by atoms with Crippen LogP contribution in [0.15, 0.2) is 12.3 Å². The third kappa shape index (κ3) is 3.28. The van der Waals surface area contributed by atoms with Crippen LogP contribution in [0.25, 0.3) is 0 Å². The number of carbonyl (C=O) groups excluding carboxylic acids is 1. The molecular weight excluding hydrogens is 408 g/mol. The summed E-state index contributed by atoms with van der Waals surface area (Å²) in [5.74, 6) is -4.78. The van der Waals surface area contributed by atoms with Crippen molar-refractivity contribution in [3.63, 3.8) is 0 Å². The topological polar surface area (TPSA) is 72.9 Å². The Morgan fingerprint density at radius 1 is 1.11 bits per heavy atom. The molecule has 0 aromatic heterocycles. The average Bonchev–Trinajstić information content (AvgIpc) is 2.53. The van der Waals surface area contributed by atoms with Gasteiger partial charge in [0.1, 0.15) is 5.92 Å². The fraction of sp³-hybridized carbons (Fsp3) is 0.786. The molecule has 1 saturated heterocycles. The smallest absolute Gasteiger partial charge is 0.438 e. The number of ether oxygens (including phenoxy) is 1. The number of esters is 1. The molecule has 13 heteroatoms. The van der Waals surface area contributed by atoms with Crippen molar-refractivity contribution in [3.05, 3.63) is 12.3 Å². The molecule has 2 bridgehead atoms. The first-order valence-corrected chi connectivity index (χ1v) is 9.46. The molecule has 0 aromatic carbocycles. The molecule has 1 aliphatic carbocycles. The van der Waals surface area contributed by atoms with Crippen LogP contribution in [0.4, 0.5) is 26.3 Å². The summed E-state index contributed by atoms with van der Waals surface area (Å²) in [6.07, 6.45) is -3.70. The van der Waals surface area contributed by atoms with Crippen LogP contribution in [0.1, 0.15) is 32.1 Å². The number of allylic oxidation sites excluding steroid dienone is 1. The molecule has 2 aliphatic heterocycles. The van der Waals surface area contributed by atoms with E-state index in [-0.39, 0.29) is 17.9 Å². The third-order valence-electron chi connectivity index (χ3n) is 5.25. The summed E-state index contributed by atoms with van der Waals surface area (Å²) < 4.78 is 110. The van der Waals surface area contributed by atoms with Gasteiger partial charge in [-0.05, 0) is 12.8 Å². The second-order valence-electron chi connectivity index (χ2n) is 6.78. The van der Waals surface area contributed by atoms with Crippen molar-refractivity contribution in [1.82, 2.24) is 5.06 Å².